The number of hydrogen-bond acceptors (Lipinski definition) is 4. The highest BCUT2D eigenvalue weighted by atomic mass is 32.1. The molecule has 0 aliphatic rings. The fourth-order valence-electron chi connectivity index (χ4n) is 1.30. The van der Waals surface area contributed by atoms with Gasteiger partial charge < -0.3 is 10.6 Å². The van der Waals surface area contributed by atoms with Crippen molar-refractivity contribution in [3.63, 3.8) is 0 Å². The Morgan fingerprint density at radius 3 is 2.61 bits per heavy atom. The van der Waals surface area contributed by atoms with Gasteiger partial charge in [-0.1, -0.05) is 0 Å². The van der Waals surface area contributed by atoms with E-state index in [1.807, 2.05) is 0 Å². The maximum absolute atomic E-state index is 12.3. The molecule has 102 valence electrons. The van der Waals surface area contributed by atoms with E-state index < -0.39 is 18.6 Å². The summed E-state index contributed by atoms with van der Waals surface area (Å²) < 4.78 is 36.8. The first-order valence-corrected chi connectivity index (χ1v) is 6.19. The Morgan fingerprint density at radius 2 is 2.22 bits per heavy atom. The summed E-state index contributed by atoms with van der Waals surface area (Å²) in [6, 6.07) is -0.339. The molecular formula is C10H14F3N3OS. The lowest BCUT2D eigenvalue weighted by Gasteiger charge is -2.21. The molecule has 1 aromatic rings. The van der Waals surface area contributed by atoms with Gasteiger partial charge in [0.15, 0.2) is 0 Å². The number of nitrogens with two attached hydrogens (primary N) is 1. The van der Waals surface area contributed by atoms with Crippen LogP contribution in [0.15, 0.2) is 5.38 Å². The SMILES string of the molecule is CCN(CC(F)(F)F)C(=O)c1csc(C(C)N)n1. The standard InChI is InChI=1S/C10H14F3N3OS/c1-3-16(5-10(11,12)13)9(17)7-4-18-8(15-7)6(2)14/h4,6H,3,5,14H2,1-2H3. The molecule has 0 saturated carbocycles. The van der Waals surface area contributed by atoms with Crippen LogP contribution < -0.4 is 5.73 Å². The van der Waals surface area contributed by atoms with Crippen LogP contribution in [0.5, 0.6) is 0 Å². The van der Waals surface area contributed by atoms with Crippen LogP contribution in [0.1, 0.15) is 35.4 Å². The van der Waals surface area contributed by atoms with E-state index in [1.165, 1.54) is 23.6 Å². The van der Waals surface area contributed by atoms with Crippen molar-refractivity contribution in [3.05, 3.63) is 16.1 Å². The summed E-state index contributed by atoms with van der Waals surface area (Å²) in [7, 11) is 0. The van der Waals surface area contributed by atoms with Crippen LogP contribution in [0, 0.1) is 0 Å². The topological polar surface area (TPSA) is 59.2 Å². The molecule has 8 heteroatoms. The molecule has 0 aliphatic carbocycles. The summed E-state index contributed by atoms with van der Waals surface area (Å²) in [5, 5.41) is 1.96. The molecule has 0 saturated heterocycles. The molecule has 0 aromatic carbocycles. The third-order valence-corrected chi connectivity index (χ3v) is 3.22. The fraction of sp³-hybridized carbons (Fsp3) is 0.600. The molecule has 1 atom stereocenters. The first-order valence-electron chi connectivity index (χ1n) is 5.31. The number of carbonyl (C=O) groups is 1. The van der Waals surface area contributed by atoms with Crippen molar-refractivity contribution in [2.45, 2.75) is 26.1 Å². The second kappa shape index (κ2) is 5.66. The number of alkyl halides is 3. The number of nitrogens with zero attached hydrogens (tertiary/aromatic N) is 2. The van der Waals surface area contributed by atoms with Gasteiger partial charge >= 0.3 is 6.18 Å². The maximum Gasteiger partial charge on any atom is 0.406 e. The summed E-state index contributed by atoms with van der Waals surface area (Å²) in [4.78, 5) is 16.5. The van der Waals surface area contributed by atoms with Gasteiger partial charge in [-0.05, 0) is 13.8 Å². The molecule has 1 heterocycles. The van der Waals surface area contributed by atoms with Crippen LogP contribution in [0.4, 0.5) is 13.2 Å². The average Bonchev–Trinajstić information content (AvgIpc) is 2.72. The van der Waals surface area contributed by atoms with Crippen molar-refractivity contribution in [2.75, 3.05) is 13.1 Å². The van der Waals surface area contributed by atoms with Crippen molar-refractivity contribution >= 4 is 17.2 Å². The van der Waals surface area contributed by atoms with E-state index in [9.17, 15) is 18.0 Å². The molecule has 1 unspecified atom stereocenters. The third kappa shape index (κ3) is 3.95. The van der Waals surface area contributed by atoms with Crippen LogP contribution in [0.2, 0.25) is 0 Å². The summed E-state index contributed by atoms with van der Waals surface area (Å²) in [6.07, 6.45) is -4.41. The van der Waals surface area contributed by atoms with E-state index in [2.05, 4.69) is 4.98 Å². The molecule has 18 heavy (non-hydrogen) atoms. The molecule has 1 amide bonds. The summed E-state index contributed by atoms with van der Waals surface area (Å²) >= 11 is 1.17. The van der Waals surface area contributed by atoms with Gasteiger partial charge in [0, 0.05) is 11.9 Å². The number of rotatable bonds is 4. The minimum absolute atomic E-state index is 0.0124. The second-order valence-electron chi connectivity index (χ2n) is 3.79. The Bertz CT molecular complexity index is 417. The zero-order valence-corrected chi connectivity index (χ0v) is 10.8. The van der Waals surface area contributed by atoms with Gasteiger partial charge in [0.05, 0.1) is 6.04 Å². The van der Waals surface area contributed by atoms with Crippen molar-refractivity contribution in [2.24, 2.45) is 5.73 Å². The Kier molecular flexibility index (Phi) is 4.69. The molecule has 1 rings (SSSR count). The van der Waals surface area contributed by atoms with Crippen LogP contribution in [0.25, 0.3) is 0 Å². The van der Waals surface area contributed by atoms with Crippen molar-refractivity contribution in [1.29, 1.82) is 0 Å². The number of aromatic nitrogens is 1. The first-order chi connectivity index (χ1) is 8.24. The van der Waals surface area contributed by atoms with Gasteiger partial charge in [-0.2, -0.15) is 13.2 Å². The number of thiazole rings is 1. The molecule has 0 aliphatic heterocycles. The van der Waals surface area contributed by atoms with Gasteiger partial charge in [0.25, 0.3) is 5.91 Å². The minimum atomic E-state index is -4.41. The lowest BCUT2D eigenvalue weighted by molar-refractivity contribution is -0.140. The third-order valence-electron chi connectivity index (χ3n) is 2.17. The fourth-order valence-corrected chi connectivity index (χ4v) is 2.05. The zero-order chi connectivity index (χ0) is 13.9. The zero-order valence-electron chi connectivity index (χ0n) is 9.99. The second-order valence-corrected chi connectivity index (χ2v) is 4.68. The number of halogens is 3. The van der Waals surface area contributed by atoms with Gasteiger partial charge in [-0.3, -0.25) is 4.79 Å². The van der Waals surface area contributed by atoms with E-state index in [0.717, 1.165) is 0 Å². The van der Waals surface area contributed by atoms with E-state index in [0.29, 0.717) is 9.91 Å². The Morgan fingerprint density at radius 1 is 1.61 bits per heavy atom. The highest BCUT2D eigenvalue weighted by Gasteiger charge is 2.33. The summed E-state index contributed by atoms with van der Waals surface area (Å²) in [5.74, 6) is -0.724. The molecule has 0 spiro atoms. The molecule has 0 bridgehead atoms. The van der Waals surface area contributed by atoms with E-state index in [4.69, 9.17) is 5.73 Å². The molecule has 1 aromatic heterocycles. The van der Waals surface area contributed by atoms with Crippen molar-refractivity contribution < 1.29 is 18.0 Å². The highest BCUT2D eigenvalue weighted by Crippen LogP contribution is 2.20. The quantitative estimate of drug-likeness (QED) is 0.920. The Hall–Kier alpha value is -1.15. The minimum Gasteiger partial charge on any atom is -0.328 e. The van der Waals surface area contributed by atoms with Crippen molar-refractivity contribution in [1.82, 2.24) is 9.88 Å². The Balaban J connectivity index is 2.83. The predicted octanol–water partition coefficient (Wildman–Crippen LogP) is 2.19. The molecule has 0 radical (unpaired) electrons. The van der Waals surface area contributed by atoms with Crippen LogP contribution in [-0.4, -0.2) is 35.1 Å². The molecule has 2 N–H and O–H groups in total. The maximum atomic E-state index is 12.3. The van der Waals surface area contributed by atoms with Gasteiger partial charge in [0.1, 0.15) is 17.2 Å². The van der Waals surface area contributed by atoms with Crippen LogP contribution in [0.3, 0.4) is 0 Å². The van der Waals surface area contributed by atoms with Gasteiger partial charge in [-0.25, -0.2) is 4.98 Å². The smallest absolute Gasteiger partial charge is 0.328 e. The lowest BCUT2D eigenvalue weighted by atomic mass is 10.3. The van der Waals surface area contributed by atoms with E-state index in [1.54, 1.807) is 6.92 Å². The number of amides is 1. The number of hydrogen-bond donors (Lipinski definition) is 1. The monoisotopic (exact) mass is 281 g/mol. The molecular weight excluding hydrogens is 267 g/mol. The van der Waals surface area contributed by atoms with E-state index >= 15 is 0 Å². The molecule has 0 fully saturated rings. The van der Waals surface area contributed by atoms with Gasteiger partial charge in [0.2, 0.25) is 0 Å². The summed E-state index contributed by atoms with van der Waals surface area (Å²) in [6.45, 7) is 1.89. The van der Waals surface area contributed by atoms with Gasteiger partial charge in [-0.15, -0.1) is 11.3 Å². The predicted molar refractivity (Wildman–Crippen MR) is 62.3 cm³/mol. The first kappa shape index (κ1) is 14.9. The lowest BCUT2D eigenvalue weighted by Crippen LogP contribution is -2.39. The average molecular weight is 281 g/mol. The largest absolute Gasteiger partial charge is 0.406 e. The van der Waals surface area contributed by atoms with Crippen molar-refractivity contribution in [3.8, 4) is 0 Å². The number of carbonyl (C=O) groups excluding carboxylic acids is 1. The highest BCUT2D eigenvalue weighted by molar-refractivity contribution is 7.09. The van der Waals surface area contributed by atoms with Crippen LogP contribution in [-0.2, 0) is 0 Å². The molecule has 4 nitrogen and oxygen atoms in total. The summed E-state index contributed by atoms with van der Waals surface area (Å²) in [5.41, 5.74) is 5.59. The normalized spacial score (nSPS) is 13.4. The van der Waals surface area contributed by atoms with E-state index in [-0.39, 0.29) is 18.3 Å². The Labute approximate surface area is 107 Å². The van der Waals surface area contributed by atoms with Crippen LogP contribution >= 0.6 is 11.3 Å².